The van der Waals surface area contributed by atoms with Crippen molar-refractivity contribution in [3.63, 3.8) is 0 Å². The van der Waals surface area contributed by atoms with E-state index >= 15 is 0 Å². The van der Waals surface area contributed by atoms with Gasteiger partial charge in [-0.3, -0.25) is 0 Å². The first-order chi connectivity index (χ1) is 7.75. The molecule has 0 aliphatic carbocycles. The quantitative estimate of drug-likeness (QED) is 0.868. The fourth-order valence-electron chi connectivity index (χ4n) is 1.99. The Kier molecular flexibility index (Phi) is 3.90. The van der Waals surface area contributed by atoms with E-state index in [-0.39, 0.29) is 5.28 Å². The second kappa shape index (κ2) is 5.41. The highest BCUT2D eigenvalue weighted by Gasteiger charge is 2.18. The Bertz CT molecular complexity index is 346. The average Bonchev–Trinajstić information content (AvgIpc) is 2.28. The standard InChI is InChI=1S/C10H16ClN5/c1-16-5-3-2-4-8(16)6-12-9-7-13-15-10(11)14-9/h7-8H,2-6H2,1H3,(H,12,14,15). The van der Waals surface area contributed by atoms with E-state index < -0.39 is 0 Å². The third-order valence-electron chi connectivity index (χ3n) is 2.97. The number of likely N-dealkylation sites (tertiary alicyclic amines) is 1. The molecule has 1 unspecified atom stereocenters. The second-order valence-corrected chi connectivity index (χ2v) is 4.46. The minimum absolute atomic E-state index is 0.182. The summed E-state index contributed by atoms with van der Waals surface area (Å²) in [5.41, 5.74) is 0. The van der Waals surface area contributed by atoms with E-state index in [2.05, 4.69) is 32.4 Å². The van der Waals surface area contributed by atoms with Crippen molar-refractivity contribution in [1.82, 2.24) is 20.1 Å². The van der Waals surface area contributed by atoms with Crippen molar-refractivity contribution in [2.45, 2.75) is 25.3 Å². The van der Waals surface area contributed by atoms with Crippen LogP contribution in [0.5, 0.6) is 0 Å². The number of hydrogen-bond donors (Lipinski definition) is 1. The van der Waals surface area contributed by atoms with Gasteiger partial charge in [-0.25, -0.2) is 0 Å². The topological polar surface area (TPSA) is 53.9 Å². The van der Waals surface area contributed by atoms with Crippen LogP contribution < -0.4 is 5.32 Å². The Morgan fingerprint density at radius 3 is 3.19 bits per heavy atom. The lowest BCUT2D eigenvalue weighted by atomic mass is 10.0. The molecule has 0 bridgehead atoms. The molecule has 1 fully saturated rings. The fraction of sp³-hybridized carbons (Fsp3) is 0.700. The largest absolute Gasteiger partial charge is 0.367 e. The first-order valence-corrected chi connectivity index (χ1v) is 5.93. The predicted molar refractivity (Wildman–Crippen MR) is 63.6 cm³/mol. The number of hydrogen-bond acceptors (Lipinski definition) is 5. The average molecular weight is 242 g/mol. The van der Waals surface area contributed by atoms with Crippen molar-refractivity contribution in [2.24, 2.45) is 0 Å². The van der Waals surface area contributed by atoms with Crippen LogP contribution in [0.25, 0.3) is 0 Å². The fourth-order valence-corrected chi connectivity index (χ4v) is 2.13. The smallest absolute Gasteiger partial charge is 0.244 e. The third kappa shape index (κ3) is 3.02. The molecule has 88 valence electrons. The molecule has 1 atom stereocenters. The van der Waals surface area contributed by atoms with E-state index in [0.29, 0.717) is 11.9 Å². The van der Waals surface area contributed by atoms with Gasteiger partial charge in [-0.05, 0) is 38.0 Å². The number of anilines is 1. The van der Waals surface area contributed by atoms with Crippen LogP contribution in [0.3, 0.4) is 0 Å². The maximum Gasteiger partial charge on any atom is 0.244 e. The van der Waals surface area contributed by atoms with E-state index in [0.717, 1.165) is 6.54 Å². The molecular formula is C10H16ClN5. The van der Waals surface area contributed by atoms with Gasteiger partial charge in [0.15, 0.2) is 0 Å². The minimum Gasteiger partial charge on any atom is -0.367 e. The van der Waals surface area contributed by atoms with Crippen LogP contribution in [-0.2, 0) is 0 Å². The van der Waals surface area contributed by atoms with Crippen molar-refractivity contribution in [1.29, 1.82) is 0 Å². The molecule has 2 heterocycles. The van der Waals surface area contributed by atoms with Crippen LogP contribution in [0, 0.1) is 0 Å². The van der Waals surface area contributed by atoms with Gasteiger partial charge in [0.1, 0.15) is 5.82 Å². The number of nitrogens with one attached hydrogen (secondary N) is 1. The summed E-state index contributed by atoms with van der Waals surface area (Å²) in [6.45, 7) is 2.06. The molecular weight excluding hydrogens is 226 g/mol. The van der Waals surface area contributed by atoms with Crippen LogP contribution in [0.1, 0.15) is 19.3 Å². The summed E-state index contributed by atoms with van der Waals surface area (Å²) in [6, 6.07) is 0.572. The third-order valence-corrected chi connectivity index (χ3v) is 3.13. The van der Waals surface area contributed by atoms with Crippen LogP contribution in [0.15, 0.2) is 6.20 Å². The van der Waals surface area contributed by atoms with Gasteiger partial charge in [-0.1, -0.05) is 6.42 Å². The lowest BCUT2D eigenvalue weighted by Gasteiger charge is -2.32. The van der Waals surface area contributed by atoms with Gasteiger partial charge in [0.25, 0.3) is 0 Å². The minimum atomic E-state index is 0.182. The Morgan fingerprint density at radius 1 is 1.56 bits per heavy atom. The summed E-state index contributed by atoms with van der Waals surface area (Å²) in [7, 11) is 2.16. The molecule has 1 N–H and O–H groups in total. The van der Waals surface area contributed by atoms with Crippen LogP contribution in [0.2, 0.25) is 5.28 Å². The van der Waals surface area contributed by atoms with Gasteiger partial charge in [0, 0.05) is 12.6 Å². The highest BCUT2D eigenvalue weighted by Crippen LogP contribution is 2.15. The van der Waals surface area contributed by atoms with Crippen molar-refractivity contribution < 1.29 is 0 Å². The Hall–Kier alpha value is -0.940. The molecule has 5 nitrogen and oxygen atoms in total. The van der Waals surface area contributed by atoms with Gasteiger partial charge in [0.05, 0.1) is 6.20 Å². The summed E-state index contributed by atoms with van der Waals surface area (Å²) < 4.78 is 0. The molecule has 6 heteroatoms. The first-order valence-electron chi connectivity index (χ1n) is 5.55. The SMILES string of the molecule is CN1CCCCC1CNc1cnnc(Cl)n1. The zero-order chi connectivity index (χ0) is 11.4. The van der Waals surface area contributed by atoms with Gasteiger partial charge in [-0.15, -0.1) is 5.10 Å². The van der Waals surface area contributed by atoms with Crippen molar-refractivity contribution in [2.75, 3.05) is 25.5 Å². The normalized spacial score (nSPS) is 22.0. The van der Waals surface area contributed by atoms with E-state index in [1.54, 1.807) is 6.20 Å². The summed E-state index contributed by atoms with van der Waals surface area (Å²) >= 11 is 5.66. The van der Waals surface area contributed by atoms with E-state index in [1.165, 1.54) is 25.8 Å². The Labute approximate surface area is 100 Å². The molecule has 2 rings (SSSR count). The van der Waals surface area contributed by atoms with Gasteiger partial charge >= 0.3 is 0 Å². The van der Waals surface area contributed by atoms with Crippen molar-refractivity contribution in [3.05, 3.63) is 11.5 Å². The Balaban J connectivity index is 1.86. The summed E-state index contributed by atoms with van der Waals surface area (Å²) in [6.07, 6.45) is 5.43. The molecule has 1 aromatic heterocycles. The Morgan fingerprint density at radius 2 is 2.44 bits per heavy atom. The van der Waals surface area contributed by atoms with E-state index in [4.69, 9.17) is 11.6 Å². The zero-order valence-corrected chi connectivity index (χ0v) is 10.1. The molecule has 1 aromatic rings. The highest BCUT2D eigenvalue weighted by molar-refractivity contribution is 6.28. The number of likely N-dealkylation sites (N-methyl/N-ethyl adjacent to an activating group) is 1. The lowest BCUT2D eigenvalue weighted by molar-refractivity contribution is 0.194. The molecule has 0 saturated carbocycles. The van der Waals surface area contributed by atoms with E-state index in [9.17, 15) is 0 Å². The highest BCUT2D eigenvalue weighted by atomic mass is 35.5. The molecule has 1 aliphatic rings. The summed E-state index contributed by atoms with van der Waals surface area (Å²) in [4.78, 5) is 6.43. The zero-order valence-electron chi connectivity index (χ0n) is 9.36. The first kappa shape index (κ1) is 11.5. The molecule has 16 heavy (non-hydrogen) atoms. The van der Waals surface area contributed by atoms with Crippen LogP contribution in [0.4, 0.5) is 5.82 Å². The van der Waals surface area contributed by atoms with Crippen LogP contribution in [-0.4, -0.2) is 46.3 Å². The van der Waals surface area contributed by atoms with Crippen LogP contribution >= 0.6 is 11.6 Å². The molecule has 1 aliphatic heterocycles. The van der Waals surface area contributed by atoms with Crippen molar-refractivity contribution in [3.8, 4) is 0 Å². The number of nitrogens with zero attached hydrogens (tertiary/aromatic N) is 4. The monoisotopic (exact) mass is 241 g/mol. The molecule has 0 aromatic carbocycles. The summed E-state index contributed by atoms with van der Waals surface area (Å²) in [5, 5.41) is 10.8. The van der Waals surface area contributed by atoms with Gasteiger partial charge in [-0.2, -0.15) is 10.1 Å². The van der Waals surface area contributed by atoms with Gasteiger partial charge in [0.2, 0.25) is 5.28 Å². The summed E-state index contributed by atoms with van der Waals surface area (Å²) in [5.74, 6) is 0.693. The van der Waals surface area contributed by atoms with Crippen molar-refractivity contribution >= 4 is 17.4 Å². The molecule has 0 radical (unpaired) electrons. The molecule has 0 spiro atoms. The lowest BCUT2D eigenvalue weighted by Crippen LogP contribution is -2.40. The molecule has 0 amide bonds. The van der Waals surface area contributed by atoms with Gasteiger partial charge < -0.3 is 10.2 Å². The second-order valence-electron chi connectivity index (χ2n) is 4.12. The predicted octanol–water partition coefficient (Wildman–Crippen LogP) is 1.42. The number of piperidine rings is 1. The molecule has 1 saturated heterocycles. The maximum absolute atomic E-state index is 5.66. The van der Waals surface area contributed by atoms with E-state index in [1.807, 2.05) is 0 Å². The number of aromatic nitrogens is 3. The number of rotatable bonds is 3. The maximum atomic E-state index is 5.66. The number of halogens is 1.